The van der Waals surface area contributed by atoms with Crippen LogP contribution in [-0.2, 0) is 4.74 Å². The van der Waals surface area contributed by atoms with Gasteiger partial charge >= 0.3 is 30.7 Å². The number of rotatable bonds is 8. The Hall–Kier alpha value is -1.92. The van der Waals surface area contributed by atoms with E-state index in [0.717, 1.165) is 18.2 Å². The van der Waals surface area contributed by atoms with Crippen molar-refractivity contribution in [3.05, 3.63) is 24.3 Å². The molecule has 0 heterocycles. The van der Waals surface area contributed by atoms with Gasteiger partial charge in [0.25, 0.3) is 0 Å². The maximum Gasteiger partial charge on any atom is 0.462 e. The average molecular weight is 404 g/mol. The van der Waals surface area contributed by atoms with Crippen LogP contribution >= 0.6 is 0 Å². The summed E-state index contributed by atoms with van der Waals surface area (Å²) < 4.78 is 138. The summed E-state index contributed by atoms with van der Waals surface area (Å²) in [5.74, 6) is -8.21. The summed E-state index contributed by atoms with van der Waals surface area (Å²) in [5.41, 5.74) is 0. The summed E-state index contributed by atoms with van der Waals surface area (Å²) in [6, 6.07) is 4.22. The van der Waals surface area contributed by atoms with Crippen LogP contribution in [0.3, 0.4) is 0 Å². The molecule has 0 aliphatic carbocycles. The number of benzene rings is 1. The molecule has 0 amide bonds. The van der Waals surface area contributed by atoms with Crippen LogP contribution in [0, 0.1) is 0 Å². The Morgan fingerprint density at radius 1 is 0.885 bits per heavy atom. The van der Waals surface area contributed by atoms with Crippen molar-refractivity contribution in [2.24, 2.45) is 0 Å². The van der Waals surface area contributed by atoms with Crippen LogP contribution in [0.15, 0.2) is 24.3 Å². The van der Waals surface area contributed by atoms with Crippen molar-refractivity contribution in [3.8, 4) is 11.5 Å². The highest BCUT2D eigenvalue weighted by Crippen LogP contribution is 2.48. The molecule has 0 spiro atoms. The van der Waals surface area contributed by atoms with Gasteiger partial charge in [-0.3, -0.25) is 4.74 Å². The zero-order chi connectivity index (χ0) is 20.4. The quantitative estimate of drug-likeness (QED) is 0.561. The summed E-state index contributed by atoms with van der Waals surface area (Å²) in [6.07, 6.45) is -23.5. The number of hydrogen-bond acceptors (Lipinski definition) is 3. The van der Waals surface area contributed by atoms with Gasteiger partial charge in [0.2, 0.25) is 0 Å². The minimum atomic E-state index is -6.93. The zero-order valence-corrected chi connectivity index (χ0v) is 12.6. The first-order valence-corrected chi connectivity index (χ1v) is 6.58. The van der Waals surface area contributed by atoms with Crippen molar-refractivity contribution >= 4 is 0 Å². The SMILES string of the molecule is CCOc1ccccc1OC(F)(F)C(F)OC(F)(F)C(F)(F)C(F)(F)F. The molecule has 0 saturated heterocycles. The van der Waals surface area contributed by atoms with E-state index < -0.39 is 42.2 Å². The van der Waals surface area contributed by atoms with E-state index in [9.17, 15) is 43.9 Å². The standard InChI is InChI=1S/C13H10F10O3/c1-2-24-7-5-3-4-6-8(7)25-10(15,16)9(14)26-13(22,23)11(17,18)12(19,20)21/h3-6,9H,2H2,1H3. The first-order valence-electron chi connectivity index (χ1n) is 6.58. The Balaban J connectivity index is 3.00. The maximum absolute atomic E-state index is 13.5. The van der Waals surface area contributed by atoms with Crippen molar-refractivity contribution in [1.82, 2.24) is 0 Å². The van der Waals surface area contributed by atoms with Crippen LogP contribution in [0.1, 0.15) is 6.92 Å². The molecule has 0 N–H and O–H groups in total. The summed E-state index contributed by atoms with van der Waals surface area (Å²) in [5, 5.41) is 0. The third-order valence-corrected chi connectivity index (χ3v) is 2.63. The van der Waals surface area contributed by atoms with Gasteiger partial charge in [0.1, 0.15) is 0 Å². The predicted molar refractivity (Wildman–Crippen MR) is 65.1 cm³/mol. The number of halogens is 10. The van der Waals surface area contributed by atoms with Crippen molar-refractivity contribution in [1.29, 1.82) is 0 Å². The smallest absolute Gasteiger partial charge is 0.462 e. The minimum Gasteiger partial charge on any atom is -0.490 e. The maximum atomic E-state index is 13.5. The first-order chi connectivity index (χ1) is 11.7. The molecule has 1 unspecified atom stereocenters. The zero-order valence-electron chi connectivity index (χ0n) is 12.6. The molecule has 1 aromatic rings. The van der Waals surface area contributed by atoms with Gasteiger partial charge < -0.3 is 9.47 Å². The molecule has 1 atom stereocenters. The molecule has 1 rings (SSSR count). The summed E-state index contributed by atoms with van der Waals surface area (Å²) in [7, 11) is 0. The molecule has 26 heavy (non-hydrogen) atoms. The van der Waals surface area contributed by atoms with Crippen LogP contribution < -0.4 is 9.47 Å². The van der Waals surface area contributed by atoms with Crippen LogP contribution in [0.25, 0.3) is 0 Å². The third kappa shape index (κ3) is 4.62. The van der Waals surface area contributed by atoms with E-state index in [1.807, 2.05) is 0 Å². The van der Waals surface area contributed by atoms with E-state index in [1.165, 1.54) is 13.0 Å². The Labute approximate surface area is 139 Å². The molecule has 13 heteroatoms. The average Bonchev–Trinajstić information content (AvgIpc) is 2.47. The van der Waals surface area contributed by atoms with E-state index in [0.29, 0.717) is 0 Å². The molecule has 0 fully saturated rings. The molecule has 3 nitrogen and oxygen atoms in total. The van der Waals surface area contributed by atoms with Gasteiger partial charge in [0.15, 0.2) is 11.5 Å². The topological polar surface area (TPSA) is 27.7 Å². The highest BCUT2D eigenvalue weighted by molar-refractivity contribution is 5.39. The van der Waals surface area contributed by atoms with E-state index in [-0.39, 0.29) is 6.61 Å². The highest BCUT2D eigenvalue weighted by Gasteiger charge is 2.76. The van der Waals surface area contributed by atoms with Crippen molar-refractivity contribution in [3.63, 3.8) is 0 Å². The lowest BCUT2D eigenvalue weighted by Crippen LogP contribution is -2.56. The van der Waals surface area contributed by atoms with Crippen LogP contribution in [-0.4, -0.2) is 37.3 Å². The van der Waals surface area contributed by atoms with Gasteiger partial charge in [0.05, 0.1) is 6.61 Å². The number of hydrogen-bond donors (Lipinski definition) is 0. The normalized spacial score (nSPS) is 14.9. The molecule has 0 aliphatic heterocycles. The molecule has 0 aliphatic rings. The second-order valence-electron chi connectivity index (χ2n) is 4.57. The molecular weight excluding hydrogens is 394 g/mol. The monoisotopic (exact) mass is 404 g/mol. The minimum absolute atomic E-state index is 0.0720. The van der Waals surface area contributed by atoms with Crippen molar-refractivity contribution < 1.29 is 58.1 Å². The Morgan fingerprint density at radius 2 is 1.38 bits per heavy atom. The van der Waals surface area contributed by atoms with Gasteiger partial charge in [-0.1, -0.05) is 12.1 Å². The van der Waals surface area contributed by atoms with Crippen LogP contribution in [0.4, 0.5) is 43.9 Å². The van der Waals surface area contributed by atoms with Gasteiger partial charge in [-0.05, 0) is 19.1 Å². The van der Waals surface area contributed by atoms with Crippen molar-refractivity contribution in [2.75, 3.05) is 6.61 Å². The van der Waals surface area contributed by atoms with Gasteiger partial charge in [0, 0.05) is 0 Å². The second-order valence-corrected chi connectivity index (χ2v) is 4.57. The fourth-order valence-electron chi connectivity index (χ4n) is 1.44. The van der Waals surface area contributed by atoms with Gasteiger partial charge in [-0.2, -0.15) is 39.5 Å². The van der Waals surface area contributed by atoms with Gasteiger partial charge in [-0.25, -0.2) is 4.39 Å². The molecule has 150 valence electrons. The Morgan fingerprint density at radius 3 is 1.85 bits per heavy atom. The fourth-order valence-corrected chi connectivity index (χ4v) is 1.44. The first kappa shape index (κ1) is 22.1. The molecule has 0 saturated carbocycles. The van der Waals surface area contributed by atoms with E-state index in [2.05, 4.69) is 9.47 Å². The van der Waals surface area contributed by atoms with Crippen LogP contribution in [0.5, 0.6) is 11.5 Å². The fraction of sp³-hybridized carbons (Fsp3) is 0.538. The van der Waals surface area contributed by atoms with Crippen LogP contribution in [0.2, 0.25) is 0 Å². The van der Waals surface area contributed by atoms with E-state index in [1.54, 1.807) is 0 Å². The lowest BCUT2D eigenvalue weighted by Gasteiger charge is -2.30. The highest BCUT2D eigenvalue weighted by atomic mass is 19.4. The molecular formula is C13H10F10O3. The summed E-state index contributed by atoms with van der Waals surface area (Å²) in [6.45, 7) is 1.35. The number of alkyl halides is 10. The second kappa shape index (κ2) is 7.37. The molecule has 0 aromatic heterocycles. The number of ether oxygens (including phenoxy) is 3. The number of para-hydroxylation sites is 2. The van der Waals surface area contributed by atoms with E-state index in [4.69, 9.17) is 4.74 Å². The molecule has 1 aromatic carbocycles. The lowest BCUT2D eigenvalue weighted by molar-refractivity contribution is -0.460. The Kier molecular flexibility index (Phi) is 6.27. The Bertz CT molecular complexity index is 602. The summed E-state index contributed by atoms with van der Waals surface area (Å²) in [4.78, 5) is 0. The lowest BCUT2D eigenvalue weighted by atomic mass is 10.3. The van der Waals surface area contributed by atoms with Crippen molar-refractivity contribution in [2.45, 2.75) is 37.6 Å². The largest absolute Gasteiger partial charge is 0.490 e. The third-order valence-electron chi connectivity index (χ3n) is 2.63. The summed E-state index contributed by atoms with van der Waals surface area (Å²) >= 11 is 0. The van der Waals surface area contributed by atoms with Gasteiger partial charge in [-0.15, -0.1) is 0 Å². The molecule has 0 bridgehead atoms. The predicted octanol–water partition coefficient (Wildman–Crippen LogP) is 5.16. The molecule has 0 radical (unpaired) electrons. The van der Waals surface area contributed by atoms with E-state index >= 15 is 0 Å².